The number of aromatic nitrogens is 4. The maximum atomic E-state index is 5.89. The van der Waals surface area contributed by atoms with Crippen LogP contribution in [0.4, 0.5) is 17.6 Å². The molecule has 0 aliphatic carbocycles. The fourth-order valence-corrected chi connectivity index (χ4v) is 4.01. The minimum Gasteiger partial charge on any atom is -0.476 e. The highest BCUT2D eigenvalue weighted by molar-refractivity contribution is 5.83. The van der Waals surface area contributed by atoms with E-state index in [2.05, 4.69) is 14.7 Å². The van der Waals surface area contributed by atoms with Gasteiger partial charge in [0.2, 0.25) is 11.8 Å². The van der Waals surface area contributed by atoms with Gasteiger partial charge in [-0.15, -0.1) is 0 Å². The quantitative estimate of drug-likeness (QED) is 0.655. The highest BCUT2D eigenvalue weighted by Crippen LogP contribution is 2.32. The summed E-state index contributed by atoms with van der Waals surface area (Å²) in [6.07, 6.45) is 0. The second-order valence-electron chi connectivity index (χ2n) is 7.60. The van der Waals surface area contributed by atoms with Crippen molar-refractivity contribution in [3.8, 4) is 5.88 Å². The van der Waals surface area contributed by atoms with Gasteiger partial charge in [0.05, 0.1) is 46.2 Å². The molecule has 0 atom stereocenters. The molecule has 3 aliphatic heterocycles. The lowest BCUT2D eigenvalue weighted by Gasteiger charge is -2.34. The maximum Gasteiger partial charge on any atom is 0.247 e. The van der Waals surface area contributed by atoms with Crippen molar-refractivity contribution in [1.82, 2.24) is 19.9 Å². The van der Waals surface area contributed by atoms with Crippen molar-refractivity contribution in [2.45, 2.75) is 6.92 Å². The molecule has 0 unspecified atom stereocenters. The van der Waals surface area contributed by atoms with Crippen molar-refractivity contribution in [3.63, 3.8) is 0 Å². The van der Waals surface area contributed by atoms with E-state index in [0.717, 1.165) is 50.9 Å². The number of anilines is 3. The Labute approximate surface area is 181 Å². The third kappa shape index (κ3) is 4.30. The third-order valence-electron chi connectivity index (χ3n) is 5.65. The van der Waals surface area contributed by atoms with Gasteiger partial charge in [-0.1, -0.05) is 0 Å². The Bertz CT molecular complexity index is 897. The first kappa shape index (κ1) is 20.4. The van der Waals surface area contributed by atoms with E-state index in [4.69, 9.17) is 38.9 Å². The van der Waals surface area contributed by atoms with Crippen LogP contribution in [0.3, 0.4) is 0 Å². The van der Waals surface area contributed by atoms with E-state index in [0.29, 0.717) is 69.2 Å². The number of ether oxygens (including phenoxy) is 4. The molecule has 3 saturated heterocycles. The summed E-state index contributed by atoms with van der Waals surface area (Å²) < 4.78 is 22.5. The predicted molar refractivity (Wildman–Crippen MR) is 115 cm³/mol. The van der Waals surface area contributed by atoms with Crippen LogP contribution in [0.25, 0.3) is 11.2 Å². The lowest BCUT2D eigenvalue weighted by atomic mass is 10.3. The molecule has 5 heterocycles. The van der Waals surface area contributed by atoms with Gasteiger partial charge in [0.1, 0.15) is 0 Å². The van der Waals surface area contributed by atoms with E-state index in [9.17, 15) is 0 Å². The van der Waals surface area contributed by atoms with Crippen molar-refractivity contribution in [1.29, 1.82) is 0 Å². The molecule has 11 heteroatoms. The van der Waals surface area contributed by atoms with E-state index in [1.807, 2.05) is 6.92 Å². The van der Waals surface area contributed by atoms with Gasteiger partial charge in [0.25, 0.3) is 0 Å². The van der Waals surface area contributed by atoms with Gasteiger partial charge in [-0.2, -0.15) is 9.97 Å². The van der Waals surface area contributed by atoms with Gasteiger partial charge < -0.3 is 33.6 Å². The largest absolute Gasteiger partial charge is 0.476 e. The summed E-state index contributed by atoms with van der Waals surface area (Å²) in [6, 6.07) is 0. The molecule has 168 valence electrons. The molecule has 3 fully saturated rings. The van der Waals surface area contributed by atoms with Crippen LogP contribution in [-0.2, 0) is 14.2 Å². The highest BCUT2D eigenvalue weighted by atomic mass is 16.5. The summed E-state index contributed by atoms with van der Waals surface area (Å²) in [5.74, 6) is 2.76. The van der Waals surface area contributed by atoms with Crippen molar-refractivity contribution < 1.29 is 18.9 Å². The number of rotatable bonds is 5. The number of nitrogens with zero attached hydrogens (tertiary/aromatic N) is 7. The van der Waals surface area contributed by atoms with Crippen LogP contribution in [0.15, 0.2) is 0 Å². The molecule has 0 amide bonds. The molecule has 0 saturated carbocycles. The second kappa shape index (κ2) is 9.33. The van der Waals surface area contributed by atoms with E-state index in [1.165, 1.54) is 0 Å². The Kier molecular flexibility index (Phi) is 6.14. The van der Waals surface area contributed by atoms with Gasteiger partial charge in [-0.25, -0.2) is 9.97 Å². The van der Waals surface area contributed by atoms with Gasteiger partial charge >= 0.3 is 0 Å². The van der Waals surface area contributed by atoms with E-state index in [-0.39, 0.29) is 0 Å². The molecular formula is C20H29N7O4. The topological polar surface area (TPSA) is 98.2 Å². The summed E-state index contributed by atoms with van der Waals surface area (Å²) in [6.45, 7) is 11.0. The number of hydrogen-bond donors (Lipinski definition) is 0. The SMILES string of the molecule is CCOc1nc(N2CCOCC2)nc2nc(N3CCOCC3)c(N3CCOCC3)nc12. The lowest BCUT2D eigenvalue weighted by Crippen LogP contribution is -2.41. The summed E-state index contributed by atoms with van der Waals surface area (Å²) >= 11 is 0. The van der Waals surface area contributed by atoms with E-state index < -0.39 is 0 Å². The fraction of sp³-hybridized carbons (Fsp3) is 0.700. The Morgan fingerprint density at radius 2 is 1.19 bits per heavy atom. The van der Waals surface area contributed by atoms with Gasteiger partial charge in [0.15, 0.2) is 22.8 Å². The van der Waals surface area contributed by atoms with Crippen LogP contribution in [-0.4, -0.2) is 105 Å². The van der Waals surface area contributed by atoms with E-state index in [1.54, 1.807) is 0 Å². The molecule has 5 rings (SSSR count). The first-order chi connectivity index (χ1) is 15.3. The second-order valence-corrected chi connectivity index (χ2v) is 7.60. The smallest absolute Gasteiger partial charge is 0.247 e. The van der Waals surface area contributed by atoms with Crippen LogP contribution in [0.2, 0.25) is 0 Å². The highest BCUT2D eigenvalue weighted by Gasteiger charge is 2.27. The van der Waals surface area contributed by atoms with Crippen LogP contribution in [0.1, 0.15) is 6.92 Å². The zero-order valence-electron chi connectivity index (χ0n) is 18.0. The lowest BCUT2D eigenvalue weighted by molar-refractivity contribution is 0.120. The zero-order valence-corrected chi connectivity index (χ0v) is 18.0. The van der Waals surface area contributed by atoms with Crippen LogP contribution < -0.4 is 19.4 Å². The predicted octanol–water partition coefficient (Wildman–Crippen LogP) is 0.328. The average Bonchev–Trinajstić information content (AvgIpc) is 2.85. The molecule has 0 bridgehead atoms. The third-order valence-corrected chi connectivity index (χ3v) is 5.65. The van der Waals surface area contributed by atoms with Crippen molar-refractivity contribution in [2.24, 2.45) is 0 Å². The first-order valence-electron chi connectivity index (χ1n) is 11.0. The number of hydrogen-bond acceptors (Lipinski definition) is 11. The molecule has 2 aromatic rings. The Balaban J connectivity index is 1.62. The number of fused-ring (bicyclic) bond motifs is 1. The molecule has 0 spiro atoms. The van der Waals surface area contributed by atoms with Gasteiger partial charge in [0, 0.05) is 39.3 Å². The Morgan fingerprint density at radius 3 is 1.74 bits per heavy atom. The molecule has 2 aromatic heterocycles. The van der Waals surface area contributed by atoms with Gasteiger partial charge in [-0.05, 0) is 6.92 Å². The summed E-state index contributed by atoms with van der Waals surface area (Å²) in [4.78, 5) is 26.1. The molecule has 11 nitrogen and oxygen atoms in total. The van der Waals surface area contributed by atoms with Crippen molar-refractivity contribution >= 4 is 28.7 Å². The molecule has 0 aromatic carbocycles. The first-order valence-corrected chi connectivity index (χ1v) is 11.0. The van der Waals surface area contributed by atoms with Crippen LogP contribution >= 0.6 is 0 Å². The summed E-state index contributed by atoms with van der Waals surface area (Å²) in [5.41, 5.74) is 1.15. The molecule has 3 aliphatic rings. The number of morpholine rings is 3. The minimum atomic E-state index is 0.476. The maximum absolute atomic E-state index is 5.89. The van der Waals surface area contributed by atoms with Crippen LogP contribution in [0, 0.1) is 0 Å². The minimum absolute atomic E-state index is 0.476. The fourth-order valence-electron chi connectivity index (χ4n) is 4.01. The molecule has 0 radical (unpaired) electrons. The zero-order chi connectivity index (χ0) is 21.0. The molecular weight excluding hydrogens is 402 g/mol. The molecule has 0 N–H and O–H groups in total. The normalized spacial score (nSPS) is 20.4. The van der Waals surface area contributed by atoms with Crippen molar-refractivity contribution in [2.75, 3.05) is 100 Å². The molecule has 31 heavy (non-hydrogen) atoms. The summed E-state index contributed by atoms with van der Waals surface area (Å²) in [7, 11) is 0. The average molecular weight is 431 g/mol. The Hall–Kier alpha value is -2.50. The van der Waals surface area contributed by atoms with Gasteiger partial charge in [-0.3, -0.25) is 0 Å². The monoisotopic (exact) mass is 431 g/mol. The van der Waals surface area contributed by atoms with Crippen LogP contribution in [0.5, 0.6) is 5.88 Å². The van der Waals surface area contributed by atoms with E-state index >= 15 is 0 Å². The Morgan fingerprint density at radius 1 is 0.677 bits per heavy atom. The van der Waals surface area contributed by atoms with Crippen molar-refractivity contribution in [3.05, 3.63) is 0 Å². The standard InChI is InChI=1S/C20H29N7O4/c1-2-31-19-15-16(23-20(24-19)27-7-13-30-14-8-27)22-18(26-5-11-29-12-6-26)17(21-15)25-3-9-28-10-4-25/h2-14H2,1H3. The summed E-state index contributed by atoms with van der Waals surface area (Å²) in [5, 5.41) is 0.